The number of carbonyl (C=O) groups excluding carboxylic acids is 1. The van der Waals surface area contributed by atoms with Gasteiger partial charge in [-0.25, -0.2) is 13.8 Å². The standard InChI is InChI=1S/C26H23F2N3O4/c1-14-21(25(34)30-26(2)17-8-4-3-7-15(17)22(32)23(26)33)31-12-6-11-20(24(31)29-14)35-13-16-18(27)9-5-10-19(16)28/h3-12,22-23,32-33H,13H2,1-2H3,(H,30,34)/t22-,23-,26+/m0/s1. The monoisotopic (exact) mass is 479 g/mol. The second-order valence-corrected chi connectivity index (χ2v) is 8.73. The summed E-state index contributed by atoms with van der Waals surface area (Å²) in [4.78, 5) is 17.9. The zero-order valence-corrected chi connectivity index (χ0v) is 19.0. The van der Waals surface area contributed by atoms with Crippen LogP contribution in [0, 0.1) is 18.6 Å². The van der Waals surface area contributed by atoms with Gasteiger partial charge in [0.05, 0.1) is 16.8 Å². The van der Waals surface area contributed by atoms with E-state index in [1.54, 1.807) is 56.4 Å². The van der Waals surface area contributed by atoms with E-state index in [2.05, 4.69) is 10.3 Å². The number of amides is 1. The Morgan fingerprint density at radius 3 is 2.57 bits per heavy atom. The number of aryl methyl sites for hydroxylation is 1. The van der Waals surface area contributed by atoms with Crippen LogP contribution in [-0.2, 0) is 12.1 Å². The number of aliphatic hydroxyl groups is 2. The minimum Gasteiger partial charge on any atom is -0.485 e. The molecular weight excluding hydrogens is 456 g/mol. The Bertz CT molecular complexity index is 1430. The number of aliphatic hydroxyl groups excluding tert-OH is 2. The number of nitrogens with zero attached hydrogens (tertiary/aromatic N) is 2. The Kier molecular flexibility index (Phi) is 5.53. The molecule has 2 aromatic carbocycles. The zero-order valence-electron chi connectivity index (χ0n) is 19.0. The van der Waals surface area contributed by atoms with Crippen molar-refractivity contribution in [1.29, 1.82) is 0 Å². The van der Waals surface area contributed by atoms with Gasteiger partial charge in [-0.15, -0.1) is 0 Å². The molecule has 0 bridgehead atoms. The molecule has 2 aromatic heterocycles. The molecule has 3 atom stereocenters. The predicted octanol–water partition coefficient (Wildman–Crippen LogP) is 3.55. The number of hydrogen-bond donors (Lipinski definition) is 3. The molecule has 0 unspecified atom stereocenters. The first-order valence-corrected chi connectivity index (χ1v) is 11.0. The number of aromatic nitrogens is 2. The summed E-state index contributed by atoms with van der Waals surface area (Å²) in [6.07, 6.45) is -0.770. The second-order valence-electron chi connectivity index (χ2n) is 8.73. The summed E-state index contributed by atoms with van der Waals surface area (Å²) in [5.41, 5.74) is 0.612. The van der Waals surface area contributed by atoms with Crippen LogP contribution in [0.1, 0.15) is 45.9 Å². The smallest absolute Gasteiger partial charge is 0.270 e. The highest BCUT2D eigenvalue weighted by Crippen LogP contribution is 2.43. The molecule has 0 saturated carbocycles. The van der Waals surface area contributed by atoms with Crippen molar-refractivity contribution < 1.29 is 28.5 Å². The summed E-state index contributed by atoms with van der Waals surface area (Å²) in [6.45, 7) is 2.95. The molecule has 1 aliphatic rings. The van der Waals surface area contributed by atoms with Crippen molar-refractivity contribution in [1.82, 2.24) is 14.7 Å². The number of nitrogens with one attached hydrogen (secondary N) is 1. The van der Waals surface area contributed by atoms with Crippen LogP contribution in [0.25, 0.3) is 5.65 Å². The van der Waals surface area contributed by atoms with Crippen LogP contribution < -0.4 is 10.1 Å². The first-order chi connectivity index (χ1) is 16.7. The summed E-state index contributed by atoms with van der Waals surface area (Å²) >= 11 is 0. The number of ether oxygens (including phenoxy) is 1. The van der Waals surface area contributed by atoms with Gasteiger partial charge < -0.3 is 20.3 Å². The fourth-order valence-electron chi connectivity index (χ4n) is 4.67. The lowest BCUT2D eigenvalue weighted by atomic mass is 9.91. The van der Waals surface area contributed by atoms with Crippen LogP contribution >= 0.6 is 0 Å². The average molecular weight is 479 g/mol. The van der Waals surface area contributed by atoms with E-state index in [1.165, 1.54) is 10.5 Å². The molecule has 1 aliphatic carbocycles. The predicted molar refractivity (Wildman–Crippen MR) is 123 cm³/mol. The minimum absolute atomic E-state index is 0.204. The van der Waals surface area contributed by atoms with E-state index in [4.69, 9.17) is 4.74 Å². The van der Waals surface area contributed by atoms with Gasteiger partial charge >= 0.3 is 0 Å². The maximum atomic E-state index is 14.0. The summed E-state index contributed by atoms with van der Waals surface area (Å²) in [7, 11) is 0. The van der Waals surface area contributed by atoms with Crippen LogP contribution in [0.3, 0.4) is 0 Å². The number of pyridine rings is 1. The lowest BCUT2D eigenvalue weighted by molar-refractivity contribution is -0.0189. The largest absolute Gasteiger partial charge is 0.485 e. The van der Waals surface area contributed by atoms with E-state index in [0.717, 1.165) is 12.1 Å². The lowest BCUT2D eigenvalue weighted by Gasteiger charge is -2.31. The quantitative estimate of drug-likeness (QED) is 0.407. The maximum Gasteiger partial charge on any atom is 0.270 e. The molecule has 0 fully saturated rings. The topological polar surface area (TPSA) is 96.1 Å². The van der Waals surface area contributed by atoms with Gasteiger partial charge in [-0.1, -0.05) is 30.3 Å². The van der Waals surface area contributed by atoms with Crippen molar-refractivity contribution in [2.45, 2.75) is 38.2 Å². The van der Waals surface area contributed by atoms with Gasteiger partial charge in [0.15, 0.2) is 11.4 Å². The van der Waals surface area contributed by atoms with Crippen LogP contribution in [-0.4, -0.2) is 31.6 Å². The van der Waals surface area contributed by atoms with Crippen LogP contribution in [0.4, 0.5) is 8.78 Å². The fraction of sp³-hybridized carbons (Fsp3) is 0.231. The average Bonchev–Trinajstić information content (AvgIpc) is 3.27. The molecule has 35 heavy (non-hydrogen) atoms. The molecule has 1 amide bonds. The van der Waals surface area contributed by atoms with Crippen molar-refractivity contribution in [3.63, 3.8) is 0 Å². The number of benzene rings is 2. The van der Waals surface area contributed by atoms with Gasteiger partial charge in [0.1, 0.15) is 36.1 Å². The first kappa shape index (κ1) is 22.9. The Morgan fingerprint density at radius 1 is 1.11 bits per heavy atom. The van der Waals surface area contributed by atoms with Crippen molar-refractivity contribution >= 4 is 11.6 Å². The molecule has 5 rings (SSSR count). The Hall–Kier alpha value is -3.82. The molecule has 7 nitrogen and oxygen atoms in total. The van der Waals surface area contributed by atoms with Crippen LogP contribution in [0.2, 0.25) is 0 Å². The molecule has 2 heterocycles. The van der Waals surface area contributed by atoms with Crippen molar-refractivity contribution in [2.24, 2.45) is 0 Å². The normalized spacial score (nSPS) is 21.2. The SMILES string of the molecule is Cc1nc2c(OCc3c(F)cccc3F)cccn2c1C(=O)N[C@]1(C)c2ccccc2[C@H](O)[C@@H]1O. The molecule has 3 N–H and O–H groups in total. The number of halogens is 2. The van der Waals surface area contributed by atoms with Crippen LogP contribution in [0.15, 0.2) is 60.8 Å². The van der Waals surface area contributed by atoms with E-state index in [0.29, 0.717) is 22.5 Å². The molecule has 0 radical (unpaired) electrons. The van der Waals surface area contributed by atoms with Crippen LogP contribution in [0.5, 0.6) is 5.75 Å². The molecule has 0 aliphatic heterocycles. The summed E-state index contributed by atoms with van der Waals surface area (Å²) in [6, 6.07) is 13.8. The Balaban J connectivity index is 1.47. The maximum absolute atomic E-state index is 14.0. The highest BCUT2D eigenvalue weighted by molar-refractivity contribution is 5.95. The molecular formula is C26H23F2N3O4. The molecule has 0 saturated heterocycles. The minimum atomic E-state index is -1.25. The second kappa shape index (κ2) is 8.44. The fourth-order valence-corrected chi connectivity index (χ4v) is 4.67. The third kappa shape index (κ3) is 3.64. The molecule has 180 valence electrons. The molecule has 4 aromatic rings. The van der Waals surface area contributed by atoms with Gasteiger partial charge in [-0.05, 0) is 49.2 Å². The number of carbonyl (C=O) groups is 1. The van der Waals surface area contributed by atoms with E-state index >= 15 is 0 Å². The van der Waals surface area contributed by atoms with E-state index in [-0.39, 0.29) is 23.6 Å². The number of fused-ring (bicyclic) bond motifs is 2. The molecule has 9 heteroatoms. The number of hydrogen-bond acceptors (Lipinski definition) is 5. The van der Waals surface area contributed by atoms with E-state index in [1.807, 2.05) is 0 Å². The van der Waals surface area contributed by atoms with Crippen molar-refractivity contribution in [2.75, 3.05) is 0 Å². The van der Waals surface area contributed by atoms with Crippen molar-refractivity contribution in [3.05, 3.63) is 101 Å². The summed E-state index contributed by atoms with van der Waals surface area (Å²) in [5.74, 6) is -1.72. The third-order valence-electron chi connectivity index (χ3n) is 6.54. The van der Waals surface area contributed by atoms with Gasteiger partial charge in [0.25, 0.3) is 5.91 Å². The molecule has 0 spiro atoms. The highest BCUT2D eigenvalue weighted by Gasteiger charge is 2.49. The number of rotatable bonds is 5. The zero-order chi connectivity index (χ0) is 24.9. The Morgan fingerprint density at radius 2 is 1.83 bits per heavy atom. The van der Waals surface area contributed by atoms with E-state index in [9.17, 15) is 23.8 Å². The van der Waals surface area contributed by atoms with Gasteiger partial charge in [0.2, 0.25) is 0 Å². The first-order valence-electron chi connectivity index (χ1n) is 11.0. The van der Waals surface area contributed by atoms with E-state index < -0.39 is 35.3 Å². The lowest BCUT2D eigenvalue weighted by Crippen LogP contribution is -2.50. The van der Waals surface area contributed by atoms with Crippen molar-refractivity contribution in [3.8, 4) is 5.75 Å². The summed E-state index contributed by atoms with van der Waals surface area (Å²) in [5, 5.41) is 24.1. The third-order valence-corrected chi connectivity index (χ3v) is 6.54. The Labute approximate surface area is 199 Å². The van der Waals surface area contributed by atoms with Gasteiger partial charge in [0, 0.05) is 6.20 Å². The van der Waals surface area contributed by atoms with Gasteiger partial charge in [-0.2, -0.15) is 0 Å². The summed E-state index contributed by atoms with van der Waals surface area (Å²) < 4.78 is 35.2. The number of imidazole rings is 1. The highest BCUT2D eigenvalue weighted by atomic mass is 19.1. The van der Waals surface area contributed by atoms with Gasteiger partial charge in [-0.3, -0.25) is 9.20 Å².